The number of carbonyl (C=O) groups excluding carboxylic acids is 5. The average Bonchev–Trinajstić information content (AvgIpc) is 3.01. The Balaban J connectivity index is 1.25. The fourth-order valence-electron chi connectivity index (χ4n) is 8.09. The number of urea groups is 1. The number of thioether (sulfide) groups is 1. The zero-order valence-corrected chi connectivity index (χ0v) is 25.1. The topological polar surface area (TPSA) is 126 Å². The molecule has 4 aliphatic carbocycles. The van der Waals surface area contributed by atoms with Crippen molar-refractivity contribution in [3.8, 4) is 0 Å². The summed E-state index contributed by atoms with van der Waals surface area (Å²) < 4.78 is 11.0. The van der Waals surface area contributed by atoms with Gasteiger partial charge in [-0.1, -0.05) is 11.8 Å². The van der Waals surface area contributed by atoms with Crippen LogP contribution in [-0.4, -0.2) is 101 Å². The van der Waals surface area contributed by atoms with Crippen LogP contribution >= 0.6 is 11.8 Å². The first-order valence-corrected chi connectivity index (χ1v) is 15.8. The Kier molecular flexibility index (Phi) is 8.71. The van der Waals surface area contributed by atoms with Gasteiger partial charge in [0.05, 0.1) is 6.54 Å². The molecule has 6 aliphatic rings. The number of ether oxygens (including phenoxy) is 2. The minimum atomic E-state index is -1.92. The number of carbonyl (C=O) groups is 5. The molecule has 11 nitrogen and oxygen atoms in total. The van der Waals surface area contributed by atoms with Crippen molar-refractivity contribution in [2.45, 2.75) is 70.7 Å². The van der Waals surface area contributed by atoms with E-state index in [1.54, 1.807) is 23.8 Å². The lowest BCUT2D eigenvalue weighted by molar-refractivity contribution is -0.290. The van der Waals surface area contributed by atoms with Gasteiger partial charge < -0.3 is 19.7 Å². The van der Waals surface area contributed by atoms with Crippen molar-refractivity contribution >= 4 is 40.8 Å². The molecule has 1 spiro atoms. The highest BCUT2D eigenvalue weighted by Gasteiger charge is 2.53. The molecule has 0 aromatic carbocycles. The molecule has 1 saturated heterocycles. The Morgan fingerprint density at radius 3 is 2.17 bits per heavy atom. The van der Waals surface area contributed by atoms with Crippen molar-refractivity contribution in [1.82, 2.24) is 20.0 Å². The van der Waals surface area contributed by atoms with Crippen LogP contribution < -0.4 is 5.32 Å². The van der Waals surface area contributed by atoms with Crippen molar-refractivity contribution in [3.63, 3.8) is 0 Å². The summed E-state index contributed by atoms with van der Waals surface area (Å²) in [6.07, 6.45) is 10.7. The van der Waals surface area contributed by atoms with Crippen molar-refractivity contribution in [2.24, 2.45) is 23.2 Å². The Morgan fingerprint density at radius 1 is 1.02 bits per heavy atom. The molecule has 0 unspecified atom stereocenters. The summed E-state index contributed by atoms with van der Waals surface area (Å²) in [7, 11) is 1.77. The quantitative estimate of drug-likeness (QED) is 0.424. The summed E-state index contributed by atoms with van der Waals surface area (Å²) in [6.45, 7) is 4.64. The molecule has 12 heteroatoms. The minimum Gasteiger partial charge on any atom is -0.399 e. The van der Waals surface area contributed by atoms with E-state index in [9.17, 15) is 24.0 Å². The number of nitrogens with one attached hydrogen (secondary N) is 1. The highest BCUT2D eigenvalue weighted by molar-refractivity contribution is 8.13. The van der Waals surface area contributed by atoms with Gasteiger partial charge in [-0.05, 0) is 82.1 Å². The lowest BCUT2D eigenvalue weighted by Gasteiger charge is -2.57. The maximum Gasteiger partial charge on any atom is 0.358 e. The summed E-state index contributed by atoms with van der Waals surface area (Å²) >= 11 is 1.18. The van der Waals surface area contributed by atoms with Gasteiger partial charge in [-0.15, -0.1) is 0 Å². The van der Waals surface area contributed by atoms with Crippen LogP contribution in [0.3, 0.4) is 0 Å². The number of likely N-dealkylation sites (N-methyl/N-ethyl adjacent to an activating group) is 1. The zero-order chi connectivity index (χ0) is 29.4. The first kappa shape index (κ1) is 29.9. The predicted octanol–water partition coefficient (Wildman–Crippen LogP) is 2.36. The molecular weight excluding hydrogens is 548 g/mol. The van der Waals surface area contributed by atoms with Crippen molar-refractivity contribution < 1.29 is 33.4 Å². The molecular formula is C29H42N4O7S. The molecule has 6 rings (SSSR count). The first-order chi connectivity index (χ1) is 19.5. The highest BCUT2D eigenvalue weighted by Crippen LogP contribution is 2.61. The van der Waals surface area contributed by atoms with Gasteiger partial charge in [-0.3, -0.25) is 19.4 Å². The maximum absolute atomic E-state index is 13.7. The van der Waals surface area contributed by atoms with Crippen LogP contribution in [0.15, 0.2) is 12.2 Å². The van der Waals surface area contributed by atoms with Crippen LogP contribution in [0, 0.1) is 23.2 Å². The number of piperazine rings is 1. The average molecular weight is 591 g/mol. The van der Waals surface area contributed by atoms with Gasteiger partial charge >= 0.3 is 23.9 Å². The molecule has 5 fully saturated rings. The summed E-state index contributed by atoms with van der Waals surface area (Å²) in [4.78, 5) is 68.1. The van der Waals surface area contributed by atoms with Gasteiger partial charge in [0.15, 0.2) is 5.12 Å². The van der Waals surface area contributed by atoms with Gasteiger partial charge in [0.2, 0.25) is 0 Å². The molecule has 1 N–H and O–H groups in total. The fraction of sp³-hybridized carbons (Fsp3) is 0.759. The molecule has 1 atom stereocenters. The SMILES string of the molecule is CC(=O)SCCN(CCC12CC3CC(CC(C3)C1)C2)C(=O)N[C@@H](C)C(=O)N1CCN(C)CC12OC(=O)C=CC(=O)O2. The van der Waals surface area contributed by atoms with E-state index in [0.29, 0.717) is 25.4 Å². The molecule has 4 bridgehead atoms. The highest BCUT2D eigenvalue weighted by atomic mass is 32.2. The smallest absolute Gasteiger partial charge is 0.358 e. The molecule has 4 saturated carbocycles. The second-order valence-electron chi connectivity index (χ2n) is 12.8. The number of esters is 2. The van der Waals surface area contributed by atoms with E-state index in [1.165, 1.54) is 62.1 Å². The molecule has 0 aromatic rings. The predicted molar refractivity (Wildman–Crippen MR) is 151 cm³/mol. The Labute approximate surface area is 245 Å². The van der Waals surface area contributed by atoms with Gasteiger partial charge in [0.1, 0.15) is 6.04 Å². The van der Waals surface area contributed by atoms with E-state index >= 15 is 0 Å². The lowest BCUT2D eigenvalue weighted by atomic mass is 9.49. The van der Waals surface area contributed by atoms with Gasteiger partial charge in [-0.2, -0.15) is 0 Å². The number of nitrogens with zero attached hydrogens (tertiary/aromatic N) is 3. The molecule has 3 amide bonds. The van der Waals surface area contributed by atoms with E-state index in [4.69, 9.17) is 9.47 Å². The third kappa shape index (κ3) is 6.74. The first-order valence-electron chi connectivity index (χ1n) is 14.8. The molecule has 2 heterocycles. The van der Waals surface area contributed by atoms with Crippen molar-refractivity contribution in [2.75, 3.05) is 45.5 Å². The normalized spacial score (nSPS) is 30.9. The standard InChI is InChI=1S/C29H42N4O7S/c1-19(26(37)33-9-8-31(3)18-29(33)39-24(35)4-5-25(36)40-29)30-27(38)32(10-11-41-20(2)34)7-6-28-15-21-12-22(16-28)14-23(13-21)17-28/h4-5,19,21-23H,6-18H2,1-3H3,(H,30,38)/t19-,21?,22?,23?,28?/m0/s1. The third-order valence-corrected chi connectivity index (χ3v) is 10.3. The number of amides is 3. The lowest BCUT2D eigenvalue weighted by Crippen LogP contribution is -2.69. The van der Waals surface area contributed by atoms with Crippen LogP contribution in [0.2, 0.25) is 0 Å². The monoisotopic (exact) mass is 590 g/mol. The van der Waals surface area contributed by atoms with E-state index in [2.05, 4.69) is 5.32 Å². The van der Waals surface area contributed by atoms with Crippen molar-refractivity contribution in [1.29, 1.82) is 0 Å². The molecule has 226 valence electrons. The summed E-state index contributed by atoms with van der Waals surface area (Å²) in [5, 5.41) is 2.83. The van der Waals surface area contributed by atoms with Crippen LogP contribution in [0.4, 0.5) is 4.79 Å². The zero-order valence-electron chi connectivity index (χ0n) is 24.3. The molecule has 2 aliphatic heterocycles. The summed E-state index contributed by atoms with van der Waals surface area (Å²) in [5.41, 5.74) is 0.288. The summed E-state index contributed by atoms with van der Waals surface area (Å²) in [5.74, 6) is -1.11. The van der Waals surface area contributed by atoms with Crippen LogP contribution in [0.25, 0.3) is 0 Å². The van der Waals surface area contributed by atoms with E-state index in [-0.39, 0.29) is 29.7 Å². The maximum atomic E-state index is 13.7. The fourth-order valence-corrected chi connectivity index (χ4v) is 8.69. The Bertz CT molecular complexity index is 1060. The van der Waals surface area contributed by atoms with Gasteiger partial charge in [0.25, 0.3) is 5.91 Å². The Hall–Kier alpha value is -2.60. The van der Waals surface area contributed by atoms with E-state index in [0.717, 1.165) is 36.3 Å². The molecule has 0 aromatic heterocycles. The van der Waals surface area contributed by atoms with Crippen LogP contribution in [0.1, 0.15) is 58.8 Å². The Morgan fingerprint density at radius 2 is 1.61 bits per heavy atom. The molecule has 41 heavy (non-hydrogen) atoms. The van der Waals surface area contributed by atoms with Crippen LogP contribution in [0.5, 0.6) is 0 Å². The van der Waals surface area contributed by atoms with E-state index in [1.807, 2.05) is 0 Å². The number of hydrogen-bond acceptors (Lipinski definition) is 9. The van der Waals surface area contributed by atoms with Crippen molar-refractivity contribution in [3.05, 3.63) is 12.2 Å². The third-order valence-electron chi connectivity index (χ3n) is 9.47. The molecule has 0 radical (unpaired) electrons. The van der Waals surface area contributed by atoms with Crippen LogP contribution in [-0.2, 0) is 28.7 Å². The summed E-state index contributed by atoms with van der Waals surface area (Å²) in [6, 6.07) is -1.35. The number of rotatable bonds is 8. The minimum absolute atomic E-state index is 0.00247. The number of hydrogen-bond donors (Lipinski definition) is 1. The largest absolute Gasteiger partial charge is 0.399 e. The second-order valence-corrected chi connectivity index (χ2v) is 14.1. The second kappa shape index (κ2) is 11.9. The van der Waals surface area contributed by atoms with Gasteiger partial charge in [0, 0.05) is 51.0 Å². The van der Waals surface area contributed by atoms with E-state index < -0.39 is 29.8 Å². The van der Waals surface area contributed by atoms with Gasteiger partial charge in [-0.25, -0.2) is 14.4 Å².